The average Bonchev–Trinajstić information content (AvgIpc) is 2.96. The molecule has 1 aliphatic rings. The number of hydrogen-bond acceptors (Lipinski definition) is 3. The molecular formula is C15H17F3N4O. The standard InChI is InChI=1S/C15H17F3N4O/c1-21(11-5-3-2-4-6-11)14(23)22-13-8-7-10(15(16,17)18)9-12(13)19-20-22/h7-9,11H,2-6H2,1H3. The Morgan fingerprint density at radius 3 is 2.61 bits per heavy atom. The number of hydrogen-bond donors (Lipinski definition) is 0. The van der Waals surface area contributed by atoms with E-state index in [1.807, 2.05) is 0 Å². The lowest BCUT2D eigenvalue weighted by Gasteiger charge is -2.30. The third kappa shape index (κ3) is 3.02. The highest BCUT2D eigenvalue weighted by Crippen LogP contribution is 2.31. The molecule has 0 aliphatic heterocycles. The number of halogens is 3. The fraction of sp³-hybridized carbons (Fsp3) is 0.533. The summed E-state index contributed by atoms with van der Waals surface area (Å²) in [6, 6.07) is 2.87. The molecule has 3 rings (SSSR count). The van der Waals surface area contributed by atoms with Crippen LogP contribution in [0.3, 0.4) is 0 Å². The zero-order chi connectivity index (χ0) is 16.6. The van der Waals surface area contributed by atoms with Crippen LogP contribution in [0.1, 0.15) is 37.7 Å². The molecule has 0 bridgehead atoms. The highest BCUT2D eigenvalue weighted by Gasteiger charge is 2.31. The van der Waals surface area contributed by atoms with E-state index in [0.29, 0.717) is 0 Å². The van der Waals surface area contributed by atoms with Crippen molar-refractivity contribution in [2.45, 2.75) is 44.3 Å². The smallest absolute Gasteiger partial charge is 0.323 e. The average molecular weight is 326 g/mol. The van der Waals surface area contributed by atoms with Gasteiger partial charge in [-0.1, -0.05) is 24.5 Å². The highest BCUT2D eigenvalue weighted by molar-refractivity contribution is 5.88. The summed E-state index contributed by atoms with van der Waals surface area (Å²) in [4.78, 5) is 14.2. The highest BCUT2D eigenvalue weighted by atomic mass is 19.4. The molecule has 8 heteroatoms. The Balaban J connectivity index is 1.89. The molecule has 0 spiro atoms. The zero-order valence-electron chi connectivity index (χ0n) is 12.7. The van der Waals surface area contributed by atoms with Crippen LogP contribution in [0.25, 0.3) is 11.0 Å². The number of alkyl halides is 3. The fourth-order valence-corrected chi connectivity index (χ4v) is 3.02. The van der Waals surface area contributed by atoms with Gasteiger partial charge in [-0.3, -0.25) is 0 Å². The summed E-state index contributed by atoms with van der Waals surface area (Å²) < 4.78 is 39.2. The third-order valence-electron chi connectivity index (χ3n) is 4.38. The molecule has 5 nitrogen and oxygen atoms in total. The lowest BCUT2D eigenvalue weighted by Crippen LogP contribution is -2.41. The van der Waals surface area contributed by atoms with Crippen LogP contribution in [0.2, 0.25) is 0 Å². The topological polar surface area (TPSA) is 51.0 Å². The van der Waals surface area contributed by atoms with Crippen molar-refractivity contribution in [3.8, 4) is 0 Å². The monoisotopic (exact) mass is 326 g/mol. The van der Waals surface area contributed by atoms with E-state index in [-0.39, 0.29) is 23.1 Å². The predicted octanol–water partition coefficient (Wildman–Crippen LogP) is 3.68. The van der Waals surface area contributed by atoms with Crippen LogP contribution in [0.15, 0.2) is 18.2 Å². The number of benzene rings is 1. The Morgan fingerprint density at radius 2 is 1.96 bits per heavy atom. The first-order valence-electron chi connectivity index (χ1n) is 7.58. The number of carbonyl (C=O) groups excluding carboxylic acids is 1. The number of rotatable bonds is 1. The Hall–Kier alpha value is -2.12. The van der Waals surface area contributed by atoms with Gasteiger partial charge >= 0.3 is 12.2 Å². The normalized spacial score (nSPS) is 16.7. The summed E-state index contributed by atoms with van der Waals surface area (Å²) in [5.41, 5.74) is -0.457. The van der Waals surface area contributed by atoms with E-state index in [2.05, 4.69) is 10.3 Å². The second-order valence-electron chi connectivity index (χ2n) is 5.89. The van der Waals surface area contributed by atoms with Crippen molar-refractivity contribution in [2.24, 2.45) is 0 Å². The lowest BCUT2D eigenvalue weighted by molar-refractivity contribution is -0.137. The molecule has 2 aromatic rings. The minimum Gasteiger partial charge on any atom is -0.323 e. The van der Waals surface area contributed by atoms with E-state index in [1.165, 1.54) is 12.5 Å². The van der Waals surface area contributed by atoms with Gasteiger partial charge in [-0.15, -0.1) is 5.10 Å². The van der Waals surface area contributed by atoms with Crippen LogP contribution in [-0.2, 0) is 6.18 Å². The van der Waals surface area contributed by atoms with Gasteiger partial charge in [-0.2, -0.15) is 17.9 Å². The van der Waals surface area contributed by atoms with Crippen LogP contribution in [0.5, 0.6) is 0 Å². The number of carbonyl (C=O) groups is 1. The van der Waals surface area contributed by atoms with Gasteiger partial charge in [0.15, 0.2) is 0 Å². The van der Waals surface area contributed by atoms with Crippen molar-refractivity contribution in [2.75, 3.05) is 7.05 Å². The van der Waals surface area contributed by atoms with E-state index >= 15 is 0 Å². The van der Waals surface area contributed by atoms with Crippen LogP contribution in [-0.4, -0.2) is 39.0 Å². The molecule has 0 radical (unpaired) electrons. The van der Waals surface area contributed by atoms with E-state index in [9.17, 15) is 18.0 Å². The van der Waals surface area contributed by atoms with Gasteiger partial charge in [0.05, 0.1) is 11.1 Å². The van der Waals surface area contributed by atoms with Gasteiger partial charge < -0.3 is 4.90 Å². The minimum atomic E-state index is -4.44. The second-order valence-corrected chi connectivity index (χ2v) is 5.89. The van der Waals surface area contributed by atoms with Crippen LogP contribution in [0.4, 0.5) is 18.0 Å². The summed E-state index contributed by atoms with van der Waals surface area (Å²) in [5, 5.41) is 7.45. The molecule has 1 aliphatic carbocycles. The summed E-state index contributed by atoms with van der Waals surface area (Å²) in [6.45, 7) is 0. The van der Waals surface area contributed by atoms with Gasteiger partial charge in [0, 0.05) is 13.1 Å². The maximum atomic E-state index is 12.7. The van der Waals surface area contributed by atoms with Crippen LogP contribution < -0.4 is 0 Å². The van der Waals surface area contributed by atoms with Crippen molar-refractivity contribution in [3.05, 3.63) is 23.8 Å². The molecule has 1 saturated carbocycles. The molecule has 0 N–H and O–H groups in total. The molecule has 0 unspecified atom stereocenters. The molecule has 0 atom stereocenters. The Labute approximate surface area is 131 Å². The van der Waals surface area contributed by atoms with Crippen molar-refractivity contribution in [1.29, 1.82) is 0 Å². The summed E-state index contributed by atoms with van der Waals surface area (Å²) in [5.74, 6) is 0. The van der Waals surface area contributed by atoms with E-state index in [0.717, 1.165) is 42.5 Å². The Bertz CT molecular complexity index is 719. The quantitative estimate of drug-likeness (QED) is 0.803. The van der Waals surface area contributed by atoms with Crippen molar-refractivity contribution >= 4 is 17.1 Å². The summed E-state index contributed by atoms with van der Waals surface area (Å²) in [7, 11) is 1.70. The number of nitrogens with zero attached hydrogens (tertiary/aromatic N) is 4. The largest absolute Gasteiger partial charge is 0.416 e. The van der Waals surface area contributed by atoms with Gasteiger partial charge in [-0.05, 0) is 31.0 Å². The van der Waals surface area contributed by atoms with Gasteiger partial charge in [0.2, 0.25) is 0 Å². The SMILES string of the molecule is CN(C(=O)n1nnc2cc(C(F)(F)F)ccc21)C1CCCCC1. The number of aromatic nitrogens is 3. The van der Waals surface area contributed by atoms with Crippen LogP contribution in [0, 0.1) is 0 Å². The number of amides is 1. The fourth-order valence-electron chi connectivity index (χ4n) is 3.02. The first-order valence-corrected chi connectivity index (χ1v) is 7.58. The maximum absolute atomic E-state index is 12.7. The van der Waals surface area contributed by atoms with E-state index < -0.39 is 11.7 Å². The summed E-state index contributed by atoms with van der Waals surface area (Å²) in [6.07, 6.45) is 0.761. The van der Waals surface area contributed by atoms with Gasteiger partial charge in [0.1, 0.15) is 5.52 Å². The molecule has 1 fully saturated rings. The Morgan fingerprint density at radius 1 is 1.26 bits per heavy atom. The van der Waals surface area contributed by atoms with Crippen molar-refractivity contribution < 1.29 is 18.0 Å². The molecule has 23 heavy (non-hydrogen) atoms. The van der Waals surface area contributed by atoms with E-state index in [4.69, 9.17) is 0 Å². The first kappa shape index (κ1) is 15.8. The zero-order valence-corrected chi connectivity index (χ0v) is 12.7. The molecule has 124 valence electrons. The first-order chi connectivity index (χ1) is 10.9. The van der Waals surface area contributed by atoms with E-state index in [1.54, 1.807) is 11.9 Å². The van der Waals surface area contributed by atoms with Crippen molar-refractivity contribution in [3.63, 3.8) is 0 Å². The number of fused-ring (bicyclic) bond motifs is 1. The Kier molecular flexibility index (Phi) is 3.99. The molecular weight excluding hydrogens is 309 g/mol. The van der Waals surface area contributed by atoms with Crippen LogP contribution >= 0.6 is 0 Å². The maximum Gasteiger partial charge on any atom is 0.416 e. The molecule has 1 aromatic carbocycles. The second kappa shape index (κ2) is 5.82. The van der Waals surface area contributed by atoms with Gasteiger partial charge in [-0.25, -0.2) is 4.79 Å². The molecule has 1 amide bonds. The minimum absolute atomic E-state index is 0.0604. The van der Waals surface area contributed by atoms with Crippen molar-refractivity contribution in [1.82, 2.24) is 19.9 Å². The summed E-state index contributed by atoms with van der Waals surface area (Å²) >= 11 is 0. The molecule has 1 aromatic heterocycles. The third-order valence-corrected chi connectivity index (χ3v) is 4.38. The lowest BCUT2D eigenvalue weighted by atomic mass is 9.95. The molecule has 1 heterocycles. The van der Waals surface area contributed by atoms with Gasteiger partial charge in [0.25, 0.3) is 0 Å². The predicted molar refractivity (Wildman–Crippen MR) is 78.0 cm³/mol. The molecule has 0 saturated heterocycles.